The summed E-state index contributed by atoms with van der Waals surface area (Å²) in [6, 6.07) is 20.9. The molecule has 0 fully saturated rings. The average Bonchev–Trinajstić information content (AvgIpc) is 2.90. The minimum atomic E-state index is -0.783. The smallest absolute Gasteiger partial charge is 0.348 e. The van der Waals surface area contributed by atoms with Gasteiger partial charge < -0.3 is 41.1 Å². The molecule has 0 saturated carbocycles. The average molecular weight is 1180 g/mol. The molecule has 0 atom stereocenters. The number of hydrogen-bond donors (Lipinski definition) is 7. The Labute approximate surface area is 495 Å². The summed E-state index contributed by atoms with van der Waals surface area (Å²) in [5.74, 6) is 0.252. The van der Waals surface area contributed by atoms with Crippen LogP contribution in [-0.2, 0) is 70.6 Å². The number of hydrogen-bond acceptors (Lipinski definition) is 16. The molecule has 3 aliphatic carbocycles. The molecule has 2 aromatic carbocycles. The number of esters is 1. The van der Waals surface area contributed by atoms with Crippen molar-refractivity contribution in [1.29, 1.82) is 0 Å². The minimum absolute atomic E-state index is 0.130. The highest BCUT2D eigenvalue weighted by molar-refractivity contribution is 7.14. The van der Waals surface area contributed by atoms with Gasteiger partial charge >= 0.3 is 11.9 Å². The monoisotopic (exact) mass is 1180 g/mol. The predicted molar refractivity (Wildman–Crippen MR) is 328 cm³/mol. The zero-order valence-electron chi connectivity index (χ0n) is 46.6. The number of fused-ring (bicyclic) bond motifs is 5. The van der Waals surface area contributed by atoms with Gasteiger partial charge in [0.05, 0.1) is 59.8 Å². The molecule has 9 heterocycles. The molecule has 22 heteroatoms. The van der Waals surface area contributed by atoms with Crippen LogP contribution in [0.1, 0.15) is 110 Å². The van der Waals surface area contributed by atoms with Gasteiger partial charge in [-0.25, -0.2) is 29.5 Å². The molecule has 11 aromatic rings. The fourth-order valence-electron chi connectivity index (χ4n) is 10.9. The van der Waals surface area contributed by atoms with Gasteiger partial charge in [0.1, 0.15) is 21.4 Å². The Bertz CT molecular complexity index is 4130. The van der Waals surface area contributed by atoms with E-state index < -0.39 is 5.97 Å². The number of methoxy groups -OCH3 is 1. The first-order chi connectivity index (χ1) is 40.9. The molecule has 3 aliphatic rings. The van der Waals surface area contributed by atoms with Crippen molar-refractivity contribution in [2.24, 2.45) is 14.1 Å². The lowest BCUT2D eigenvalue weighted by atomic mass is 9.98. The third-order valence-corrected chi connectivity index (χ3v) is 18.8. The number of aromatic carboxylic acids is 1. The Morgan fingerprint density at radius 2 is 1.08 bits per heavy atom. The number of amides is 1. The van der Waals surface area contributed by atoms with Gasteiger partial charge in [0, 0.05) is 87.1 Å². The van der Waals surface area contributed by atoms with Crippen molar-refractivity contribution in [3.8, 4) is 45.0 Å². The van der Waals surface area contributed by atoms with E-state index in [0.717, 1.165) is 87.8 Å². The van der Waals surface area contributed by atoms with E-state index in [2.05, 4.69) is 50.2 Å². The van der Waals surface area contributed by atoms with Crippen LogP contribution in [0, 0.1) is 0 Å². The number of ether oxygens (including phenoxy) is 1. The van der Waals surface area contributed by atoms with Crippen LogP contribution in [0.25, 0.3) is 67.4 Å². The van der Waals surface area contributed by atoms with Gasteiger partial charge in [-0.2, -0.15) is 10.2 Å². The first-order valence-corrected chi connectivity index (χ1v) is 30.2. The lowest BCUT2D eigenvalue weighted by molar-refractivity contribution is 0.0605. The summed E-state index contributed by atoms with van der Waals surface area (Å²) in [4.78, 5) is 65.5. The molecular weight excluding hydrogens is 1120 g/mol. The van der Waals surface area contributed by atoms with Gasteiger partial charge in [0.25, 0.3) is 5.91 Å². The molecule has 0 spiro atoms. The number of nitrogens with zero attached hydrogens (tertiary/aromatic N) is 8. The number of pyridine rings is 2. The number of nitrogens with one attached hydrogen (secondary N) is 3. The number of nitrogens with two attached hydrogens (primary N) is 1. The molecule has 0 unspecified atom stereocenters. The number of aliphatic hydroxyl groups is 2. The number of carboxylic acid groups (broad SMARTS) is 1. The molecule has 14 rings (SSSR count). The number of H-pyrrole nitrogens is 2. The van der Waals surface area contributed by atoms with E-state index in [0.29, 0.717) is 55.2 Å². The molecule has 0 bridgehead atoms. The van der Waals surface area contributed by atoms with Crippen LogP contribution in [0.2, 0.25) is 0 Å². The SMILES string of the molecule is COC(=O)c1cc2c(s1)CCCC2.Cn1cc(-c2nc3nccc(-c4cccc(N)c4CO)c3[nH]2)cn1.Cn1cc(-c2nc3nccc(-c4cccc(NC(=O)c5cc6c(s5)CCCC6)c4CO)c3[nH]2)cn1.O=C(O)c1cc2c(s1)CCCC2. The van der Waals surface area contributed by atoms with Crippen molar-refractivity contribution in [1.82, 2.24) is 49.5 Å². The molecule has 8 N–H and O–H groups in total. The topological polar surface area (TPSA) is 278 Å². The Morgan fingerprint density at radius 1 is 0.619 bits per heavy atom. The standard InChI is InChI=1S/C26H24N6O2S.C17H16N6O.C10H12O2S.C9H10O2S/c1-32-13-16(12-28-32)24-30-23-18(9-10-27-25(23)31-24)17-6-4-7-20(19(17)14-33)29-26(34)22-11-15-5-2-3-8-21(15)35-22;1-23-8-10(7-20-23)16-21-15-12(5-6-19-17(15)22-16)11-3-2-4-14(18)13(11)9-24;1-12-10(11)9-6-7-4-2-3-5-8(7)13-9;10-9(11)8-5-6-3-1-2-4-7(6)12-8/h4,6-7,9-13,33H,2-3,5,8,14H2,1H3,(H,29,34)(H,27,30,31);2-8,24H,9,18H2,1H3,(H,19,21,22);6H,2-5H2,1H3;5H,1-4H2,(H,10,11). The second kappa shape index (κ2) is 25.4. The minimum Gasteiger partial charge on any atom is -0.477 e. The van der Waals surface area contributed by atoms with Gasteiger partial charge in [-0.3, -0.25) is 14.2 Å². The Hall–Kier alpha value is -8.67. The van der Waals surface area contributed by atoms with Crippen molar-refractivity contribution in [2.45, 2.75) is 90.3 Å². The zero-order valence-corrected chi connectivity index (χ0v) is 49.0. The molecule has 84 heavy (non-hydrogen) atoms. The highest BCUT2D eigenvalue weighted by atomic mass is 32.1. The highest BCUT2D eigenvalue weighted by Crippen LogP contribution is 2.37. The highest BCUT2D eigenvalue weighted by Gasteiger charge is 2.23. The number of anilines is 2. The van der Waals surface area contributed by atoms with E-state index in [1.54, 1.807) is 62.9 Å². The normalized spacial score (nSPS) is 13.3. The molecule has 19 nitrogen and oxygen atoms in total. The number of aliphatic hydroxyl groups excluding tert-OH is 2. The number of aromatic amines is 2. The van der Waals surface area contributed by atoms with E-state index in [1.807, 2.05) is 87.2 Å². The lowest BCUT2D eigenvalue weighted by Gasteiger charge is -2.14. The third-order valence-electron chi connectivity index (χ3n) is 15.1. The number of aromatic nitrogens is 10. The van der Waals surface area contributed by atoms with Gasteiger partial charge in [-0.15, -0.1) is 34.0 Å². The van der Waals surface area contributed by atoms with Crippen molar-refractivity contribution in [2.75, 3.05) is 18.2 Å². The molecule has 0 saturated heterocycles. The summed E-state index contributed by atoms with van der Waals surface area (Å²) in [6.07, 6.45) is 24.5. The number of carbonyl (C=O) groups is 3. The zero-order chi connectivity index (χ0) is 58.4. The van der Waals surface area contributed by atoms with Crippen LogP contribution < -0.4 is 11.1 Å². The third kappa shape index (κ3) is 12.3. The number of thiophene rings is 3. The number of carboxylic acids is 1. The summed E-state index contributed by atoms with van der Waals surface area (Å²) in [7, 11) is 5.14. The van der Waals surface area contributed by atoms with Crippen LogP contribution in [-0.4, -0.2) is 89.7 Å². The maximum Gasteiger partial charge on any atom is 0.348 e. The van der Waals surface area contributed by atoms with Crippen LogP contribution >= 0.6 is 34.0 Å². The van der Waals surface area contributed by atoms with Crippen LogP contribution in [0.4, 0.5) is 11.4 Å². The van der Waals surface area contributed by atoms with Gasteiger partial charge in [0.15, 0.2) is 11.3 Å². The van der Waals surface area contributed by atoms with Crippen molar-refractivity contribution < 1.29 is 34.4 Å². The van der Waals surface area contributed by atoms with Crippen LogP contribution in [0.3, 0.4) is 0 Å². The second-order valence-electron chi connectivity index (χ2n) is 20.7. The van der Waals surface area contributed by atoms with Crippen LogP contribution in [0.15, 0.2) is 104 Å². The molecule has 1 amide bonds. The summed E-state index contributed by atoms with van der Waals surface area (Å²) in [6.45, 7) is -0.352. The first kappa shape index (κ1) is 57.2. The summed E-state index contributed by atoms with van der Waals surface area (Å²) >= 11 is 4.62. The number of nitrogen functional groups attached to an aromatic ring is 1. The lowest BCUT2D eigenvalue weighted by Crippen LogP contribution is -2.12. The van der Waals surface area contributed by atoms with Crippen LogP contribution in [0.5, 0.6) is 0 Å². The Balaban J connectivity index is 0.000000129. The number of rotatable bonds is 10. The van der Waals surface area contributed by atoms with Crippen molar-refractivity contribution >= 4 is 85.6 Å². The maximum atomic E-state index is 13.1. The fraction of sp³-hybridized carbons (Fsp3) is 0.274. The summed E-state index contributed by atoms with van der Waals surface area (Å²) in [5, 5.41) is 40.2. The van der Waals surface area contributed by atoms with E-state index >= 15 is 0 Å². The number of carbonyl (C=O) groups excluding carboxylic acids is 2. The second-order valence-corrected chi connectivity index (χ2v) is 24.1. The molecule has 0 aliphatic heterocycles. The van der Waals surface area contributed by atoms with E-state index in [9.17, 15) is 24.6 Å². The van der Waals surface area contributed by atoms with Gasteiger partial charge in [0.2, 0.25) is 0 Å². The largest absolute Gasteiger partial charge is 0.477 e. The first-order valence-electron chi connectivity index (χ1n) is 27.7. The molecular formula is C62H62N12O7S3. The quantitative estimate of drug-likeness (QED) is 0.0496. The van der Waals surface area contributed by atoms with Gasteiger partial charge in [-0.05, 0) is 147 Å². The molecule has 430 valence electrons. The summed E-state index contributed by atoms with van der Waals surface area (Å²) < 4.78 is 8.13. The van der Waals surface area contributed by atoms with E-state index in [4.69, 9.17) is 10.8 Å². The van der Waals surface area contributed by atoms with Crippen molar-refractivity contribution in [3.63, 3.8) is 0 Å². The number of aryl methyl sites for hydroxylation is 8. The Kier molecular flexibility index (Phi) is 17.3. The molecule has 9 aromatic heterocycles. The predicted octanol–water partition coefficient (Wildman–Crippen LogP) is 11.5. The molecule has 0 radical (unpaired) electrons. The number of imidazole rings is 2. The van der Waals surface area contributed by atoms with E-state index in [-0.39, 0.29) is 25.1 Å². The number of benzene rings is 2. The van der Waals surface area contributed by atoms with E-state index in [1.165, 1.54) is 88.3 Å². The van der Waals surface area contributed by atoms with Crippen molar-refractivity contribution in [3.05, 3.63) is 161 Å². The maximum absolute atomic E-state index is 13.1. The summed E-state index contributed by atoms with van der Waals surface area (Å²) in [5.41, 5.74) is 20.3. The van der Waals surface area contributed by atoms with Gasteiger partial charge in [-0.1, -0.05) is 24.3 Å². The fourth-order valence-corrected chi connectivity index (χ4v) is 14.3. The Morgan fingerprint density at radius 3 is 1.56 bits per heavy atom.